The molecule has 0 aliphatic carbocycles. The molecular weight excluding hydrogens is 317 g/mol. The summed E-state index contributed by atoms with van der Waals surface area (Å²) in [7, 11) is 0. The molecule has 1 aliphatic heterocycles. The van der Waals surface area contributed by atoms with Crippen LogP contribution in [-0.4, -0.2) is 49.0 Å². The van der Waals surface area contributed by atoms with Crippen LogP contribution < -0.4 is 4.74 Å². The fourth-order valence-corrected chi connectivity index (χ4v) is 3.35. The van der Waals surface area contributed by atoms with Crippen molar-refractivity contribution in [2.45, 2.75) is 12.2 Å². The Balaban J connectivity index is 1.45. The average molecular weight is 337 g/mol. The Labute approximate surface area is 139 Å². The van der Waals surface area contributed by atoms with Gasteiger partial charge >= 0.3 is 0 Å². The average Bonchev–Trinajstić information content (AvgIpc) is 3.09. The van der Waals surface area contributed by atoms with Crippen LogP contribution in [0.15, 0.2) is 41.8 Å². The molecule has 0 radical (unpaired) electrons. The van der Waals surface area contributed by atoms with E-state index in [9.17, 15) is 9.50 Å². The maximum absolute atomic E-state index is 12.8. The largest absolute Gasteiger partial charge is 0.491 e. The van der Waals surface area contributed by atoms with Gasteiger partial charge in [0.2, 0.25) is 0 Å². The minimum absolute atomic E-state index is 0.0777. The lowest BCUT2D eigenvalue weighted by Gasteiger charge is -2.33. The second-order valence-electron chi connectivity index (χ2n) is 5.55. The summed E-state index contributed by atoms with van der Waals surface area (Å²) in [6, 6.07) is 9.90. The second kappa shape index (κ2) is 7.88. The van der Waals surface area contributed by atoms with E-state index in [-0.39, 0.29) is 18.5 Å². The number of aliphatic hydroxyl groups excluding tert-OH is 1. The molecule has 0 spiro atoms. The molecule has 0 amide bonds. The molecule has 4 nitrogen and oxygen atoms in total. The molecule has 23 heavy (non-hydrogen) atoms. The maximum atomic E-state index is 12.8. The first-order chi connectivity index (χ1) is 11.2. The Hall–Kier alpha value is -1.47. The number of morpholine rings is 1. The van der Waals surface area contributed by atoms with Gasteiger partial charge in [0.25, 0.3) is 0 Å². The molecular formula is C17H20FNO3S. The Morgan fingerprint density at radius 2 is 2.17 bits per heavy atom. The molecule has 1 saturated heterocycles. The highest BCUT2D eigenvalue weighted by molar-refractivity contribution is 7.10. The standard InChI is InChI=1S/C17H20FNO3S/c18-13-3-5-15(6-4-13)22-12-14(20)10-19-7-8-21-16(11-19)17-2-1-9-23-17/h1-6,9,14,16,20H,7-8,10-12H2. The van der Waals surface area contributed by atoms with E-state index in [1.54, 1.807) is 23.5 Å². The van der Waals surface area contributed by atoms with Crippen LogP contribution in [0.3, 0.4) is 0 Å². The number of β-amino-alcohol motifs (C(OH)–C–C–N with tert-alkyl or cyclic N) is 1. The van der Waals surface area contributed by atoms with Crippen LogP contribution in [-0.2, 0) is 4.74 Å². The zero-order valence-corrected chi connectivity index (χ0v) is 13.5. The van der Waals surface area contributed by atoms with Gasteiger partial charge in [0.05, 0.1) is 6.61 Å². The Bertz CT molecular complexity index is 590. The van der Waals surface area contributed by atoms with Crippen molar-refractivity contribution in [2.75, 3.05) is 32.8 Å². The van der Waals surface area contributed by atoms with Crippen LogP contribution in [0.1, 0.15) is 11.0 Å². The van der Waals surface area contributed by atoms with Crippen molar-refractivity contribution in [3.05, 3.63) is 52.5 Å². The first kappa shape index (κ1) is 16.4. The molecule has 124 valence electrons. The molecule has 1 aromatic carbocycles. The normalized spacial score (nSPS) is 20.3. The Morgan fingerprint density at radius 1 is 1.35 bits per heavy atom. The third-order valence-corrected chi connectivity index (χ3v) is 4.70. The van der Waals surface area contributed by atoms with Crippen LogP contribution in [0.25, 0.3) is 0 Å². The van der Waals surface area contributed by atoms with E-state index in [0.29, 0.717) is 18.9 Å². The summed E-state index contributed by atoms with van der Waals surface area (Å²) < 4.78 is 24.1. The summed E-state index contributed by atoms with van der Waals surface area (Å²) in [5, 5.41) is 12.2. The van der Waals surface area contributed by atoms with E-state index in [1.807, 2.05) is 11.4 Å². The van der Waals surface area contributed by atoms with Gasteiger partial charge in [0.15, 0.2) is 0 Å². The van der Waals surface area contributed by atoms with Gasteiger partial charge in [-0.1, -0.05) is 6.07 Å². The zero-order chi connectivity index (χ0) is 16.1. The number of rotatable bonds is 6. The molecule has 2 unspecified atom stereocenters. The highest BCUT2D eigenvalue weighted by atomic mass is 32.1. The number of halogens is 1. The Kier molecular flexibility index (Phi) is 5.61. The van der Waals surface area contributed by atoms with E-state index < -0.39 is 6.10 Å². The number of ether oxygens (including phenoxy) is 2. The molecule has 2 heterocycles. The minimum Gasteiger partial charge on any atom is -0.491 e. The number of hydrogen-bond acceptors (Lipinski definition) is 5. The molecule has 0 saturated carbocycles. The predicted molar refractivity (Wildman–Crippen MR) is 87.4 cm³/mol. The topological polar surface area (TPSA) is 41.9 Å². The van der Waals surface area contributed by atoms with E-state index >= 15 is 0 Å². The van der Waals surface area contributed by atoms with Crippen molar-refractivity contribution in [3.63, 3.8) is 0 Å². The van der Waals surface area contributed by atoms with Crippen LogP contribution in [0.4, 0.5) is 4.39 Å². The van der Waals surface area contributed by atoms with Crippen molar-refractivity contribution in [1.29, 1.82) is 0 Å². The van der Waals surface area contributed by atoms with Gasteiger partial charge in [-0.25, -0.2) is 4.39 Å². The van der Waals surface area contributed by atoms with Gasteiger partial charge in [-0.05, 0) is 35.7 Å². The molecule has 1 aromatic heterocycles. The van der Waals surface area contributed by atoms with E-state index in [1.165, 1.54) is 17.0 Å². The molecule has 1 fully saturated rings. The SMILES string of the molecule is OC(COc1ccc(F)cc1)CN1CCOC(c2cccs2)C1. The fraction of sp³-hybridized carbons (Fsp3) is 0.412. The van der Waals surface area contributed by atoms with Crippen LogP contribution in [0.2, 0.25) is 0 Å². The van der Waals surface area contributed by atoms with Crippen LogP contribution >= 0.6 is 11.3 Å². The summed E-state index contributed by atoms with van der Waals surface area (Å²) in [6.07, 6.45) is -0.517. The summed E-state index contributed by atoms with van der Waals surface area (Å²) in [4.78, 5) is 3.40. The molecule has 1 N–H and O–H groups in total. The van der Waals surface area contributed by atoms with Gasteiger partial charge < -0.3 is 14.6 Å². The van der Waals surface area contributed by atoms with Gasteiger partial charge in [0.1, 0.15) is 30.4 Å². The lowest BCUT2D eigenvalue weighted by molar-refractivity contribution is -0.0444. The predicted octanol–water partition coefficient (Wildman–Crippen LogP) is 2.70. The monoisotopic (exact) mass is 337 g/mol. The summed E-state index contributed by atoms with van der Waals surface area (Å²) in [6.45, 7) is 2.96. The molecule has 6 heteroatoms. The molecule has 1 aliphatic rings. The fourth-order valence-electron chi connectivity index (χ4n) is 2.59. The highest BCUT2D eigenvalue weighted by Gasteiger charge is 2.24. The lowest BCUT2D eigenvalue weighted by Crippen LogP contribution is -2.43. The first-order valence-corrected chi connectivity index (χ1v) is 8.52. The Morgan fingerprint density at radius 3 is 2.91 bits per heavy atom. The summed E-state index contributed by atoms with van der Waals surface area (Å²) >= 11 is 1.69. The third kappa shape index (κ3) is 4.75. The number of thiophene rings is 1. The molecule has 2 atom stereocenters. The lowest BCUT2D eigenvalue weighted by atomic mass is 10.2. The first-order valence-electron chi connectivity index (χ1n) is 7.64. The molecule has 3 rings (SSSR count). The summed E-state index contributed by atoms with van der Waals surface area (Å²) in [5.74, 6) is 0.259. The minimum atomic E-state index is -0.595. The van der Waals surface area contributed by atoms with Crippen molar-refractivity contribution in [2.24, 2.45) is 0 Å². The quantitative estimate of drug-likeness (QED) is 0.880. The maximum Gasteiger partial charge on any atom is 0.123 e. The molecule has 0 bridgehead atoms. The van der Waals surface area contributed by atoms with Gasteiger partial charge in [-0.3, -0.25) is 4.90 Å². The molecule has 2 aromatic rings. The number of aliphatic hydroxyl groups is 1. The van der Waals surface area contributed by atoms with Gasteiger partial charge in [-0.15, -0.1) is 11.3 Å². The van der Waals surface area contributed by atoms with Gasteiger partial charge in [0, 0.05) is 24.5 Å². The zero-order valence-electron chi connectivity index (χ0n) is 12.7. The van der Waals surface area contributed by atoms with Crippen molar-refractivity contribution < 1.29 is 19.0 Å². The number of nitrogens with zero attached hydrogens (tertiary/aromatic N) is 1. The third-order valence-electron chi connectivity index (χ3n) is 3.74. The second-order valence-corrected chi connectivity index (χ2v) is 6.53. The van der Waals surface area contributed by atoms with Crippen molar-refractivity contribution >= 4 is 11.3 Å². The number of benzene rings is 1. The highest BCUT2D eigenvalue weighted by Crippen LogP contribution is 2.26. The smallest absolute Gasteiger partial charge is 0.123 e. The van der Waals surface area contributed by atoms with Crippen molar-refractivity contribution in [3.8, 4) is 5.75 Å². The van der Waals surface area contributed by atoms with Crippen LogP contribution in [0.5, 0.6) is 5.75 Å². The van der Waals surface area contributed by atoms with Crippen molar-refractivity contribution in [1.82, 2.24) is 4.90 Å². The van der Waals surface area contributed by atoms with Crippen LogP contribution in [0, 0.1) is 5.82 Å². The van der Waals surface area contributed by atoms with Gasteiger partial charge in [-0.2, -0.15) is 0 Å². The number of hydrogen-bond donors (Lipinski definition) is 1. The van der Waals surface area contributed by atoms with E-state index in [4.69, 9.17) is 9.47 Å². The summed E-state index contributed by atoms with van der Waals surface area (Å²) in [5.41, 5.74) is 0. The van der Waals surface area contributed by atoms with E-state index in [0.717, 1.165) is 13.1 Å². The van der Waals surface area contributed by atoms with E-state index in [2.05, 4.69) is 11.0 Å².